The molecular weight excluding hydrogens is 547 g/mol. The van der Waals surface area contributed by atoms with Crippen LogP contribution >= 0.6 is 58.0 Å². The highest BCUT2D eigenvalue weighted by Gasteiger charge is 2.67. The molecule has 0 spiro atoms. The second kappa shape index (κ2) is 9.80. The molecule has 0 heterocycles. The maximum atomic E-state index is 13.0. The first-order chi connectivity index (χ1) is 16.1. The zero-order valence-corrected chi connectivity index (χ0v) is 20.8. The molecule has 3 N–H and O–H groups in total. The van der Waals surface area contributed by atoms with Crippen LogP contribution in [0.3, 0.4) is 0 Å². The number of alkyl halides is 2. The number of anilines is 2. The number of amides is 2. The normalized spacial score (nSPS) is 18.2. The Balaban J connectivity index is 1.45. The lowest BCUT2D eigenvalue weighted by Crippen LogP contribution is -2.29. The summed E-state index contributed by atoms with van der Waals surface area (Å²) in [6, 6.07) is 14.7. The number of rotatable bonds is 6. The third-order valence-corrected chi connectivity index (χ3v) is 6.93. The Labute approximate surface area is 219 Å². The molecule has 11 heteroatoms. The lowest BCUT2D eigenvalue weighted by atomic mass is 10.1. The first-order valence-electron chi connectivity index (χ1n) is 9.82. The highest BCUT2D eigenvalue weighted by molar-refractivity contribution is 6.53. The second-order valence-corrected chi connectivity index (χ2v) is 10.3. The molecule has 1 aliphatic rings. The summed E-state index contributed by atoms with van der Waals surface area (Å²) in [5, 5.41) is 3.69. The van der Waals surface area contributed by atoms with E-state index in [1.54, 1.807) is 24.3 Å². The van der Waals surface area contributed by atoms with Crippen molar-refractivity contribution in [1.29, 1.82) is 0 Å². The molecule has 0 aliphatic heterocycles. The Hall–Kier alpha value is -2.22. The van der Waals surface area contributed by atoms with Gasteiger partial charge < -0.3 is 5.32 Å². The maximum Gasteiger partial charge on any atom is 0.271 e. The van der Waals surface area contributed by atoms with E-state index in [9.17, 15) is 14.0 Å². The number of hydrazine groups is 1. The van der Waals surface area contributed by atoms with Crippen molar-refractivity contribution in [1.82, 2.24) is 5.43 Å². The number of hydrogen-bond donors (Lipinski definition) is 3. The highest BCUT2D eigenvalue weighted by atomic mass is 35.5. The van der Waals surface area contributed by atoms with Gasteiger partial charge in [0, 0.05) is 21.7 Å². The number of halogens is 6. The molecule has 176 valence electrons. The molecule has 3 aromatic rings. The average Bonchev–Trinajstić information content (AvgIpc) is 3.36. The van der Waals surface area contributed by atoms with Crippen LogP contribution in [0.15, 0.2) is 60.7 Å². The van der Waals surface area contributed by atoms with Gasteiger partial charge in [0.25, 0.3) is 5.91 Å². The predicted octanol–water partition coefficient (Wildman–Crippen LogP) is 7.07. The van der Waals surface area contributed by atoms with Crippen molar-refractivity contribution >= 4 is 81.2 Å². The summed E-state index contributed by atoms with van der Waals surface area (Å²) >= 11 is 31.1. The summed E-state index contributed by atoms with van der Waals surface area (Å²) in [7, 11) is 0. The second-order valence-electron chi connectivity index (χ2n) is 7.60. The van der Waals surface area contributed by atoms with Gasteiger partial charge in [0.15, 0.2) is 0 Å². The minimum Gasteiger partial charge on any atom is -0.326 e. The van der Waals surface area contributed by atoms with Crippen molar-refractivity contribution in [2.45, 2.75) is 10.3 Å². The van der Waals surface area contributed by atoms with E-state index >= 15 is 0 Å². The summed E-state index contributed by atoms with van der Waals surface area (Å²) in [6.45, 7) is 0. The molecule has 3 aromatic carbocycles. The highest BCUT2D eigenvalue weighted by Crippen LogP contribution is 2.65. The van der Waals surface area contributed by atoms with Crippen LogP contribution in [0.1, 0.15) is 21.8 Å². The zero-order valence-electron chi connectivity index (χ0n) is 17.0. The number of nitrogens with one attached hydrogen (secondary N) is 3. The van der Waals surface area contributed by atoms with Gasteiger partial charge >= 0.3 is 0 Å². The van der Waals surface area contributed by atoms with Crippen molar-refractivity contribution in [3.05, 3.63) is 92.7 Å². The molecule has 34 heavy (non-hydrogen) atoms. The minimum atomic E-state index is -1.34. The van der Waals surface area contributed by atoms with Crippen LogP contribution in [0.25, 0.3) is 0 Å². The van der Waals surface area contributed by atoms with E-state index in [0.29, 0.717) is 27.0 Å². The van der Waals surface area contributed by atoms with E-state index in [0.717, 1.165) is 0 Å². The van der Waals surface area contributed by atoms with Crippen LogP contribution in [0, 0.1) is 11.7 Å². The summed E-state index contributed by atoms with van der Waals surface area (Å²) in [6.07, 6.45) is 0. The summed E-state index contributed by atoms with van der Waals surface area (Å²) < 4.78 is 11.7. The third kappa shape index (κ3) is 5.37. The Kier molecular flexibility index (Phi) is 7.17. The van der Waals surface area contributed by atoms with Crippen molar-refractivity contribution in [2.24, 2.45) is 5.92 Å². The van der Waals surface area contributed by atoms with Crippen molar-refractivity contribution in [2.75, 3.05) is 10.7 Å². The Morgan fingerprint density at radius 3 is 2.12 bits per heavy atom. The molecule has 0 bridgehead atoms. The van der Waals surface area contributed by atoms with E-state index in [1.165, 1.54) is 36.4 Å². The van der Waals surface area contributed by atoms with Gasteiger partial charge in [-0.05, 0) is 66.2 Å². The summed E-state index contributed by atoms with van der Waals surface area (Å²) in [4.78, 5) is 25.5. The predicted molar refractivity (Wildman–Crippen MR) is 135 cm³/mol. The fourth-order valence-electron chi connectivity index (χ4n) is 3.55. The minimum absolute atomic E-state index is 0.103. The number of carbonyl (C=O) groups is 2. The first kappa shape index (κ1) is 24.9. The standard InChI is InChI=1S/C23H15Cl5FN3O2/c24-12-7-11(8-13(25)9-12)19-20(23(19,27)28)22(34)30-16-5-6-18(26)17(10-16)21(33)32-31-15-3-1-14(29)2-4-15/h1-10,19-20,31H,(H,30,34)(H,32,33)/t19-,20+/m0/s1. The first-order valence-corrected chi connectivity index (χ1v) is 11.7. The zero-order chi connectivity index (χ0) is 24.6. The van der Waals surface area contributed by atoms with Crippen LogP contribution in [-0.2, 0) is 4.79 Å². The topological polar surface area (TPSA) is 70.2 Å². The maximum absolute atomic E-state index is 13.0. The van der Waals surface area contributed by atoms with Crippen molar-refractivity contribution in [3.63, 3.8) is 0 Å². The molecule has 4 rings (SSSR count). The van der Waals surface area contributed by atoms with Crippen LogP contribution in [0.5, 0.6) is 0 Å². The number of carbonyl (C=O) groups excluding carboxylic acids is 2. The fraction of sp³-hybridized carbons (Fsp3) is 0.130. The largest absolute Gasteiger partial charge is 0.326 e. The lowest BCUT2D eigenvalue weighted by Gasteiger charge is -2.11. The Bertz CT molecular complexity index is 1250. The summed E-state index contributed by atoms with van der Waals surface area (Å²) in [5.74, 6) is -2.69. The van der Waals surface area contributed by atoms with Crippen molar-refractivity contribution < 1.29 is 14.0 Å². The fourth-order valence-corrected chi connectivity index (χ4v) is 5.12. The third-order valence-electron chi connectivity index (χ3n) is 5.22. The molecule has 5 nitrogen and oxygen atoms in total. The molecule has 0 saturated heterocycles. The Morgan fingerprint density at radius 2 is 1.47 bits per heavy atom. The lowest BCUT2D eigenvalue weighted by molar-refractivity contribution is -0.117. The van der Waals surface area contributed by atoms with Crippen molar-refractivity contribution in [3.8, 4) is 0 Å². The van der Waals surface area contributed by atoms with Gasteiger partial charge in [0.1, 0.15) is 10.2 Å². The molecule has 0 aromatic heterocycles. The smallest absolute Gasteiger partial charge is 0.271 e. The van der Waals surface area contributed by atoms with Gasteiger partial charge in [-0.1, -0.05) is 34.8 Å². The molecule has 1 aliphatic carbocycles. The summed E-state index contributed by atoms with van der Waals surface area (Å²) in [5.41, 5.74) is 6.66. The monoisotopic (exact) mass is 559 g/mol. The van der Waals surface area contributed by atoms with Crippen LogP contribution in [0.4, 0.5) is 15.8 Å². The quantitative estimate of drug-likeness (QED) is 0.223. The van der Waals surface area contributed by atoms with E-state index in [1.807, 2.05) is 0 Å². The molecule has 0 radical (unpaired) electrons. The van der Waals surface area contributed by atoms with Gasteiger partial charge in [-0.25, -0.2) is 4.39 Å². The number of hydrogen-bond acceptors (Lipinski definition) is 3. The van der Waals surface area contributed by atoms with Gasteiger partial charge in [0.05, 0.1) is 22.2 Å². The van der Waals surface area contributed by atoms with Crippen LogP contribution < -0.4 is 16.2 Å². The van der Waals surface area contributed by atoms with E-state index in [2.05, 4.69) is 16.2 Å². The molecule has 2 atom stereocenters. The number of benzene rings is 3. The van der Waals surface area contributed by atoms with E-state index in [4.69, 9.17) is 58.0 Å². The van der Waals surface area contributed by atoms with Crippen LogP contribution in [-0.4, -0.2) is 16.1 Å². The molecule has 2 amide bonds. The average molecular weight is 562 g/mol. The van der Waals surface area contributed by atoms with Gasteiger partial charge in [-0.15, -0.1) is 23.2 Å². The molecule has 1 fully saturated rings. The van der Waals surface area contributed by atoms with E-state index in [-0.39, 0.29) is 10.6 Å². The molecular formula is C23H15Cl5FN3O2. The SMILES string of the molecule is O=C(NNc1ccc(F)cc1)c1cc(NC(=O)[C@H]2[C@H](c3cc(Cl)cc(Cl)c3)C2(Cl)Cl)ccc1Cl. The molecule has 1 saturated carbocycles. The van der Waals surface area contributed by atoms with Gasteiger partial charge in [-0.2, -0.15) is 0 Å². The van der Waals surface area contributed by atoms with E-state index < -0.39 is 33.8 Å². The molecule has 0 unspecified atom stereocenters. The van der Waals surface area contributed by atoms with Crippen LogP contribution in [0.2, 0.25) is 15.1 Å². The van der Waals surface area contributed by atoms with Gasteiger partial charge in [0.2, 0.25) is 5.91 Å². The Morgan fingerprint density at radius 1 is 0.853 bits per heavy atom. The van der Waals surface area contributed by atoms with Gasteiger partial charge in [-0.3, -0.25) is 20.4 Å².